The molecule has 1 aliphatic carbocycles. The second-order valence-electron chi connectivity index (χ2n) is 9.58. The molecule has 32 heavy (non-hydrogen) atoms. The summed E-state index contributed by atoms with van der Waals surface area (Å²) in [5, 5.41) is 4.76. The normalized spacial score (nSPS) is 20.1. The van der Waals surface area contributed by atoms with Gasteiger partial charge in [-0.3, -0.25) is 9.59 Å². The van der Waals surface area contributed by atoms with Gasteiger partial charge in [0.25, 0.3) is 0 Å². The molecule has 1 saturated heterocycles. The van der Waals surface area contributed by atoms with Crippen LogP contribution in [0.15, 0.2) is 54.6 Å². The van der Waals surface area contributed by atoms with Gasteiger partial charge >= 0.3 is 0 Å². The molecule has 3 aromatic carbocycles. The van der Waals surface area contributed by atoms with Crippen LogP contribution >= 0.6 is 0 Å². The molecule has 2 aliphatic rings. The van der Waals surface area contributed by atoms with Crippen LogP contribution in [0.1, 0.15) is 50.5 Å². The number of nitrogens with zero attached hydrogens (tertiary/aromatic N) is 2. The highest BCUT2D eigenvalue weighted by Crippen LogP contribution is 2.32. The zero-order valence-electron chi connectivity index (χ0n) is 18.9. The molecule has 5 rings (SSSR count). The molecule has 1 atom stereocenters. The quantitative estimate of drug-likeness (QED) is 0.405. The summed E-state index contributed by atoms with van der Waals surface area (Å²) in [6.07, 6.45) is 7.46. The molecule has 2 amide bonds. The van der Waals surface area contributed by atoms with E-state index in [4.69, 9.17) is 0 Å². The van der Waals surface area contributed by atoms with Gasteiger partial charge in [-0.2, -0.15) is 0 Å². The van der Waals surface area contributed by atoms with Gasteiger partial charge in [-0.25, -0.2) is 0 Å². The van der Waals surface area contributed by atoms with Crippen molar-refractivity contribution in [3.63, 3.8) is 0 Å². The molecule has 4 nitrogen and oxygen atoms in total. The third-order valence-electron chi connectivity index (χ3n) is 7.43. The summed E-state index contributed by atoms with van der Waals surface area (Å²) < 4.78 is 0. The smallest absolute Gasteiger partial charge is 0.228 e. The molecule has 0 aromatic heterocycles. The van der Waals surface area contributed by atoms with Gasteiger partial charge < -0.3 is 9.80 Å². The van der Waals surface area contributed by atoms with Gasteiger partial charge in [0.1, 0.15) is 0 Å². The third kappa shape index (κ3) is 3.99. The van der Waals surface area contributed by atoms with Crippen molar-refractivity contribution in [2.24, 2.45) is 5.92 Å². The lowest BCUT2D eigenvalue weighted by atomic mass is 9.96. The van der Waals surface area contributed by atoms with Gasteiger partial charge in [0, 0.05) is 32.6 Å². The van der Waals surface area contributed by atoms with Crippen LogP contribution in [0.2, 0.25) is 0 Å². The Kier molecular flexibility index (Phi) is 5.86. The van der Waals surface area contributed by atoms with Gasteiger partial charge in [0.15, 0.2) is 0 Å². The molecular formula is C28H32N2O2. The first kappa shape index (κ1) is 21.0. The maximum atomic E-state index is 13.4. The lowest BCUT2D eigenvalue weighted by Gasteiger charge is -2.28. The Labute approximate surface area is 190 Å². The van der Waals surface area contributed by atoms with Crippen LogP contribution in [-0.2, 0) is 16.1 Å². The highest BCUT2D eigenvalue weighted by Gasteiger charge is 2.39. The minimum Gasteiger partial charge on any atom is -0.341 e. The predicted molar refractivity (Wildman–Crippen MR) is 129 cm³/mol. The number of carbonyl (C=O) groups is 2. The molecular weight excluding hydrogens is 396 g/mol. The number of fused-ring (bicyclic) bond motifs is 2. The lowest BCUT2D eigenvalue weighted by Crippen LogP contribution is -2.38. The maximum absolute atomic E-state index is 13.4. The first-order valence-electron chi connectivity index (χ1n) is 12.1. The molecule has 1 aliphatic heterocycles. The van der Waals surface area contributed by atoms with Crippen molar-refractivity contribution in [3.8, 4) is 0 Å². The Morgan fingerprint density at radius 2 is 1.53 bits per heavy atom. The van der Waals surface area contributed by atoms with Crippen LogP contribution in [0.4, 0.5) is 0 Å². The number of hydrogen-bond acceptors (Lipinski definition) is 2. The Morgan fingerprint density at radius 1 is 0.938 bits per heavy atom. The van der Waals surface area contributed by atoms with E-state index >= 15 is 0 Å². The molecule has 0 radical (unpaired) electrons. The summed E-state index contributed by atoms with van der Waals surface area (Å²) in [4.78, 5) is 30.1. The number of amides is 2. The van der Waals surface area contributed by atoms with Gasteiger partial charge in [-0.1, -0.05) is 74.2 Å². The summed E-state index contributed by atoms with van der Waals surface area (Å²) in [5.41, 5.74) is 1.18. The van der Waals surface area contributed by atoms with Crippen LogP contribution < -0.4 is 0 Å². The van der Waals surface area contributed by atoms with Crippen LogP contribution in [0.5, 0.6) is 0 Å². The standard InChI is InChI=1S/C28H32N2O2/c1-29(28(32)22-17-27(31)30(18-22)23-12-4-2-3-5-13-23)19-26-24-14-8-6-10-20(24)16-21-11-7-9-15-25(21)26/h6-11,14-16,22-23H,2-5,12-13,17-19H2,1H3. The van der Waals surface area contributed by atoms with Crippen molar-refractivity contribution in [1.29, 1.82) is 0 Å². The minimum atomic E-state index is -0.225. The van der Waals surface area contributed by atoms with Crippen molar-refractivity contribution < 1.29 is 9.59 Å². The first-order chi connectivity index (χ1) is 15.6. The van der Waals surface area contributed by atoms with Crippen LogP contribution in [-0.4, -0.2) is 41.2 Å². The molecule has 2 fully saturated rings. The van der Waals surface area contributed by atoms with Gasteiger partial charge in [-0.15, -0.1) is 0 Å². The molecule has 1 unspecified atom stereocenters. The Balaban J connectivity index is 1.37. The minimum absolute atomic E-state index is 0.0893. The maximum Gasteiger partial charge on any atom is 0.228 e. The van der Waals surface area contributed by atoms with Crippen molar-refractivity contribution in [3.05, 3.63) is 60.2 Å². The fraction of sp³-hybridized carbons (Fsp3) is 0.429. The second kappa shape index (κ2) is 8.93. The number of likely N-dealkylation sites (tertiary alicyclic amines) is 1. The van der Waals surface area contributed by atoms with Gasteiger partial charge in [0.2, 0.25) is 11.8 Å². The number of hydrogen-bond donors (Lipinski definition) is 0. The molecule has 4 heteroatoms. The Morgan fingerprint density at radius 3 is 2.16 bits per heavy atom. The molecule has 1 heterocycles. The fourth-order valence-corrected chi connectivity index (χ4v) is 5.72. The van der Waals surface area contributed by atoms with E-state index in [9.17, 15) is 9.59 Å². The van der Waals surface area contributed by atoms with E-state index in [0.29, 0.717) is 25.6 Å². The van der Waals surface area contributed by atoms with Crippen LogP contribution in [0.3, 0.4) is 0 Å². The Hall–Kier alpha value is -2.88. The third-order valence-corrected chi connectivity index (χ3v) is 7.43. The van der Waals surface area contributed by atoms with E-state index in [0.717, 1.165) is 12.8 Å². The molecule has 3 aromatic rings. The van der Waals surface area contributed by atoms with E-state index < -0.39 is 0 Å². The topological polar surface area (TPSA) is 40.6 Å². The lowest BCUT2D eigenvalue weighted by molar-refractivity contribution is -0.135. The van der Waals surface area contributed by atoms with E-state index in [1.54, 1.807) is 0 Å². The Bertz CT molecular complexity index is 1090. The van der Waals surface area contributed by atoms with Crippen molar-refractivity contribution in [2.45, 2.75) is 57.5 Å². The summed E-state index contributed by atoms with van der Waals surface area (Å²) in [7, 11) is 1.89. The van der Waals surface area contributed by atoms with Crippen LogP contribution in [0, 0.1) is 5.92 Å². The van der Waals surface area contributed by atoms with Gasteiger partial charge in [-0.05, 0) is 46.0 Å². The van der Waals surface area contributed by atoms with Crippen molar-refractivity contribution in [2.75, 3.05) is 13.6 Å². The first-order valence-corrected chi connectivity index (χ1v) is 12.1. The monoisotopic (exact) mass is 428 g/mol. The van der Waals surface area contributed by atoms with Crippen molar-refractivity contribution >= 4 is 33.4 Å². The highest BCUT2D eigenvalue weighted by atomic mass is 16.2. The molecule has 1 saturated carbocycles. The average molecular weight is 429 g/mol. The zero-order valence-corrected chi connectivity index (χ0v) is 18.9. The van der Waals surface area contributed by atoms with E-state index in [1.807, 2.05) is 16.8 Å². The van der Waals surface area contributed by atoms with E-state index in [1.165, 1.54) is 52.8 Å². The summed E-state index contributed by atoms with van der Waals surface area (Å²) in [6.45, 7) is 1.14. The zero-order chi connectivity index (χ0) is 22.1. The largest absolute Gasteiger partial charge is 0.341 e. The molecule has 0 spiro atoms. The molecule has 0 bridgehead atoms. The summed E-state index contributed by atoms with van der Waals surface area (Å²) in [5.74, 6) is 0.0303. The fourth-order valence-electron chi connectivity index (χ4n) is 5.72. The van der Waals surface area contributed by atoms with E-state index in [2.05, 4.69) is 54.6 Å². The SMILES string of the molecule is CN(Cc1c2ccccc2cc2ccccc12)C(=O)C1CC(=O)N(C2CCCCCC2)C1. The van der Waals surface area contributed by atoms with E-state index in [-0.39, 0.29) is 17.7 Å². The van der Waals surface area contributed by atoms with Crippen molar-refractivity contribution in [1.82, 2.24) is 9.80 Å². The summed E-state index contributed by atoms with van der Waals surface area (Å²) in [6, 6.07) is 19.3. The number of carbonyl (C=O) groups excluding carboxylic acids is 2. The number of rotatable bonds is 4. The molecule has 0 N–H and O–H groups in total. The highest BCUT2D eigenvalue weighted by molar-refractivity contribution is 6.02. The number of benzene rings is 3. The summed E-state index contributed by atoms with van der Waals surface area (Å²) >= 11 is 0. The molecule has 166 valence electrons. The van der Waals surface area contributed by atoms with Crippen LogP contribution in [0.25, 0.3) is 21.5 Å². The average Bonchev–Trinajstić information content (AvgIpc) is 3.01. The second-order valence-corrected chi connectivity index (χ2v) is 9.58. The predicted octanol–water partition coefficient (Wildman–Crippen LogP) is 5.52. The van der Waals surface area contributed by atoms with Gasteiger partial charge in [0.05, 0.1) is 5.92 Å².